The van der Waals surface area contributed by atoms with Gasteiger partial charge in [0.2, 0.25) is 0 Å². The number of rotatable bonds is 10. The molecule has 0 radical (unpaired) electrons. The molecule has 1 aliphatic rings. The molecule has 0 bridgehead atoms. The van der Waals surface area contributed by atoms with Gasteiger partial charge in [0.05, 0.1) is 6.54 Å². The predicted octanol–water partition coefficient (Wildman–Crippen LogP) is 3.90. The summed E-state index contributed by atoms with van der Waals surface area (Å²) in [4.78, 5) is 23.4. The number of nitrogens with zero attached hydrogens (tertiary/aromatic N) is 5. The van der Waals surface area contributed by atoms with Gasteiger partial charge < -0.3 is 15.0 Å². The molecule has 3 aromatic rings. The van der Waals surface area contributed by atoms with Crippen LogP contribution in [0, 0.1) is 0 Å². The van der Waals surface area contributed by atoms with Gasteiger partial charge in [-0.1, -0.05) is 24.4 Å². The third kappa shape index (κ3) is 5.97. The van der Waals surface area contributed by atoms with Crippen molar-refractivity contribution in [2.24, 2.45) is 0 Å². The topological polar surface area (TPSA) is 85.2 Å². The molecular weight excluding hydrogens is 428 g/mol. The average Bonchev–Trinajstić information content (AvgIpc) is 3.52. The Hall–Kier alpha value is -3.13. The van der Waals surface area contributed by atoms with Gasteiger partial charge in [0.25, 0.3) is 5.91 Å². The zero-order chi connectivity index (χ0) is 22.2. The fourth-order valence-electron chi connectivity index (χ4n) is 3.99. The molecule has 0 spiro atoms. The van der Waals surface area contributed by atoms with Gasteiger partial charge >= 0.3 is 0 Å². The number of carbonyl (C=O) groups is 1. The number of benzene rings is 1. The molecule has 9 heteroatoms. The monoisotopic (exact) mass is 454 g/mol. The molecule has 32 heavy (non-hydrogen) atoms. The van der Waals surface area contributed by atoms with E-state index in [1.807, 2.05) is 17.0 Å². The average molecular weight is 455 g/mol. The quantitative estimate of drug-likeness (QED) is 0.467. The van der Waals surface area contributed by atoms with E-state index in [1.165, 1.54) is 6.33 Å². The maximum absolute atomic E-state index is 13.5. The minimum atomic E-state index is -0.0284. The maximum atomic E-state index is 13.5. The highest BCUT2D eigenvalue weighted by Gasteiger charge is 2.27. The van der Waals surface area contributed by atoms with Crippen LogP contribution in [0.3, 0.4) is 0 Å². The summed E-state index contributed by atoms with van der Waals surface area (Å²) in [5.74, 6) is 0.555. The number of anilines is 1. The van der Waals surface area contributed by atoms with Crippen LogP contribution in [-0.4, -0.2) is 56.3 Å². The van der Waals surface area contributed by atoms with Crippen LogP contribution in [0.2, 0.25) is 5.02 Å². The van der Waals surface area contributed by atoms with Crippen molar-refractivity contribution in [1.82, 2.24) is 24.6 Å². The molecule has 4 rings (SSSR count). The number of hydrogen-bond acceptors (Lipinski definition) is 6. The summed E-state index contributed by atoms with van der Waals surface area (Å²) in [6, 6.07) is 9.25. The van der Waals surface area contributed by atoms with Gasteiger partial charge in [0.15, 0.2) is 0 Å². The van der Waals surface area contributed by atoms with Crippen LogP contribution in [0.25, 0.3) is 0 Å². The Kier molecular flexibility index (Phi) is 7.55. The Morgan fingerprint density at radius 3 is 2.75 bits per heavy atom. The van der Waals surface area contributed by atoms with Crippen molar-refractivity contribution < 1.29 is 9.53 Å². The molecule has 168 valence electrons. The molecular formula is C23H27ClN6O2. The largest absolute Gasteiger partial charge is 0.492 e. The highest BCUT2D eigenvalue weighted by Crippen LogP contribution is 2.27. The summed E-state index contributed by atoms with van der Waals surface area (Å²) in [5, 5.41) is 7.90. The Balaban J connectivity index is 1.40. The molecule has 1 aliphatic carbocycles. The third-order valence-corrected chi connectivity index (χ3v) is 5.78. The second-order valence-corrected chi connectivity index (χ2v) is 8.22. The summed E-state index contributed by atoms with van der Waals surface area (Å²) >= 11 is 6.33. The number of amides is 1. The van der Waals surface area contributed by atoms with Gasteiger partial charge in [-0.15, -0.1) is 0 Å². The van der Waals surface area contributed by atoms with Crippen LogP contribution in [0.15, 0.2) is 55.4 Å². The van der Waals surface area contributed by atoms with E-state index in [-0.39, 0.29) is 11.9 Å². The summed E-state index contributed by atoms with van der Waals surface area (Å²) in [6.07, 6.45) is 11.0. The first kappa shape index (κ1) is 22.1. The number of aromatic nitrogens is 4. The molecule has 2 aromatic heterocycles. The number of carbonyl (C=O) groups excluding carboxylic acids is 1. The van der Waals surface area contributed by atoms with Gasteiger partial charge in [0.1, 0.15) is 25.0 Å². The van der Waals surface area contributed by atoms with Gasteiger partial charge in [-0.2, -0.15) is 5.10 Å². The molecule has 8 nitrogen and oxygen atoms in total. The van der Waals surface area contributed by atoms with Crippen molar-refractivity contribution in [3.8, 4) is 5.75 Å². The smallest absolute Gasteiger partial charge is 0.254 e. The van der Waals surface area contributed by atoms with Crippen LogP contribution < -0.4 is 10.1 Å². The molecule has 1 N–H and O–H groups in total. The molecule has 1 saturated carbocycles. The lowest BCUT2D eigenvalue weighted by molar-refractivity contribution is 0.0671. The van der Waals surface area contributed by atoms with E-state index < -0.39 is 0 Å². The lowest BCUT2D eigenvalue weighted by Gasteiger charge is -2.29. The van der Waals surface area contributed by atoms with Crippen LogP contribution >= 0.6 is 11.6 Å². The lowest BCUT2D eigenvalue weighted by atomic mass is 10.1. The minimum absolute atomic E-state index is 0.0284. The number of halogens is 1. The van der Waals surface area contributed by atoms with Gasteiger partial charge in [-0.05, 0) is 43.2 Å². The maximum Gasteiger partial charge on any atom is 0.254 e. The molecule has 2 heterocycles. The number of ether oxygens (including phenoxy) is 1. The molecule has 0 aliphatic heterocycles. The zero-order valence-corrected chi connectivity index (χ0v) is 18.6. The van der Waals surface area contributed by atoms with E-state index in [9.17, 15) is 4.79 Å². The molecule has 0 unspecified atom stereocenters. The van der Waals surface area contributed by atoms with E-state index in [4.69, 9.17) is 16.3 Å². The highest BCUT2D eigenvalue weighted by molar-refractivity contribution is 6.31. The van der Waals surface area contributed by atoms with E-state index in [0.717, 1.165) is 31.4 Å². The van der Waals surface area contributed by atoms with Gasteiger partial charge in [-0.25, -0.2) is 4.98 Å². The Labute approximate surface area is 192 Å². The SMILES string of the molecule is O=C(c1cc(Cl)cc(OCCNc2ccncc2)c1)N(CCn1cncn1)C1CCCC1. The van der Waals surface area contributed by atoms with Crippen molar-refractivity contribution in [3.05, 3.63) is 66.0 Å². The molecule has 0 atom stereocenters. The van der Waals surface area contributed by atoms with Gasteiger partial charge in [0, 0.05) is 47.8 Å². The third-order valence-electron chi connectivity index (χ3n) is 5.56. The standard InChI is InChI=1S/C23H27ClN6O2/c24-19-13-18(14-22(15-19)32-12-9-27-20-5-7-25-8-6-20)23(31)30(21-3-1-2-4-21)11-10-29-17-26-16-28-29/h5-8,13-17,21H,1-4,9-12H2,(H,25,27). The Morgan fingerprint density at radius 1 is 1.19 bits per heavy atom. The molecule has 1 fully saturated rings. The first-order chi connectivity index (χ1) is 15.7. The fraction of sp³-hybridized carbons (Fsp3) is 0.391. The first-order valence-electron chi connectivity index (χ1n) is 10.9. The Bertz CT molecular complexity index is 993. The first-order valence-corrected chi connectivity index (χ1v) is 11.3. The number of nitrogens with one attached hydrogen (secondary N) is 1. The van der Waals surface area contributed by atoms with E-state index >= 15 is 0 Å². The van der Waals surface area contributed by atoms with E-state index in [0.29, 0.717) is 42.6 Å². The van der Waals surface area contributed by atoms with Crippen molar-refractivity contribution in [2.75, 3.05) is 25.0 Å². The normalized spacial score (nSPS) is 13.8. The summed E-state index contributed by atoms with van der Waals surface area (Å²) in [5.41, 5.74) is 1.52. The predicted molar refractivity (Wildman–Crippen MR) is 123 cm³/mol. The second-order valence-electron chi connectivity index (χ2n) is 7.78. The molecule has 1 aromatic carbocycles. The van der Waals surface area contributed by atoms with Crippen molar-refractivity contribution in [1.29, 1.82) is 0 Å². The van der Waals surface area contributed by atoms with Crippen LogP contribution in [-0.2, 0) is 6.54 Å². The van der Waals surface area contributed by atoms with Crippen LogP contribution in [0.1, 0.15) is 36.0 Å². The van der Waals surface area contributed by atoms with E-state index in [1.54, 1.807) is 41.6 Å². The fourth-order valence-corrected chi connectivity index (χ4v) is 4.22. The van der Waals surface area contributed by atoms with Crippen molar-refractivity contribution in [3.63, 3.8) is 0 Å². The Morgan fingerprint density at radius 2 is 2.00 bits per heavy atom. The van der Waals surface area contributed by atoms with Gasteiger partial charge in [-0.3, -0.25) is 14.5 Å². The number of hydrogen-bond donors (Lipinski definition) is 1. The second kappa shape index (κ2) is 10.9. The lowest BCUT2D eigenvalue weighted by Crippen LogP contribution is -2.41. The van der Waals surface area contributed by atoms with E-state index in [2.05, 4.69) is 20.4 Å². The van der Waals surface area contributed by atoms with Crippen LogP contribution in [0.4, 0.5) is 5.69 Å². The molecule has 0 saturated heterocycles. The summed E-state index contributed by atoms with van der Waals surface area (Å²) in [6.45, 7) is 2.24. The number of pyridine rings is 1. The van der Waals surface area contributed by atoms with Crippen molar-refractivity contribution >= 4 is 23.2 Å². The highest BCUT2D eigenvalue weighted by atomic mass is 35.5. The molecule has 1 amide bonds. The summed E-state index contributed by atoms with van der Waals surface area (Å²) < 4.78 is 7.62. The van der Waals surface area contributed by atoms with Crippen molar-refractivity contribution in [2.45, 2.75) is 38.3 Å². The minimum Gasteiger partial charge on any atom is -0.492 e. The summed E-state index contributed by atoms with van der Waals surface area (Å²) in [7, 11) is 0. The van der Waals surface area contributed by atoms with Crippen LogP contribution in [0.5, 0.6) is 5.75 Å². The zero-order valence-electron chi connectivity index (χ0n) is 17.9.